The third-order valence-corrected chi connectivity index (χ3v) is 5.13. The van der Waals surface area contributed by atoms with Crippen LogP contribution in [0.5, 0.6) is 0 Å². The summed E-state index contributed by atoms with van der Waals surface area (Å²) in [6, 6.07) is 11.2. The molecule has 0 fully saturated rings. The molecular weight excluding hydrogens is 364 g/mol. The zero-order valence-corrected chi connectivity index (χ0v) is 15.2. The van der Waals surface area contributed by atoms with Gasteiger partial charge in [-0.05, 0) is 54.9 Å². The second kappa shape index (κ2) is 7.29. The highest BCUT2D eigenvalue weighted by Gasteiger charge is 2.15. The van der Waals surface area contributed by atoms with Crippen LogP contribution in [0.2, 0.25) is 5.02 Å². The third kappa shape index (κ3) is 3.75. The summed E-state index contributed by atoms with van der Waals surface area (Å²) in [6.07, 6.45) is 0. The van der Waals surface area contributed by atoms with Gasteiger partial charge in [-0.3, -0.25) is 14.5 Å². The molecule has 0 aliphatic carbocycles. The van der Waals surface area contributed by atoms with Gasteiger partial charge in [0.1, 0.15) is 6.54 Å². The van der Waals surface area contributed by atoms with E-state index in [0.29, 0.717) is 15.6 Å². The van der Waals surface area contributed by atoms with Gasteiger partial charge >= 0.3 is 0 Å². The standard InChI is InChI=1S/C16H15ClN4OS2/c1-10(13-3-2-8-24-13)18-14(22)9-21-15(19-20-16(21)23)11-4-6-12(17)7-5-11/h2-8,10H,9H2,1H3,(H,18,22)(H,20,23). The molecule has 0 saturated heterocycles. The van der Waals surface area contributed by atoms with E-state index in [0.717, 1.165) is 10.4 Å². The molecule has 0 aliphatic heterocycles. The summed E-state index contributed by atoms with van der Waals surface area (Å²) in [5.74, 6) is 0.485. The van der Waals surface area contributed by atoms with Gasteiger partial charge < -0.3 is 5.32 Å². The smallest absolute Gasteiger partial charge is 0.240 e. The molecule has 1 atom stereocenters. The maximum Gasteiger partial charge on any atom is 0.240 e. The van der Waals surface area contributed by atoms with Crippen LogP contribution in [-0.4, -0.2) is 20.7 Å². The lowest BCUT2D eigenvalue weighted by Gasteiger charge is -2.13. The van der Waals surface area contributed by atoms with Crippen molar-refractivity contribution in [2.24, 2.45) is 0 Å². The maximum absolute atomic E-state index is 12.4. The molecule has 2 N–H and O–H groups in total. The zero-order chi connectivity index (χ0) is 17.1. The Kier molecular flexibility index (Phi) is 5.13. The summed E-state index contributed by atoms with van der Waals surface area (Å²) >= 11 is 12.8. The van der Waals surface area contributed by atoms with Gasteiger partial charge in [-0.1, -0.05) is 17.7 Å². The van der Waals surface area contributed by atoms with Crippen LogP contribution in [0.25, 0.3) is 11.4 Å². The Morgan fingerprint density at radius 1 is 1.42 bits per heavy atom. The summed E-state index contributed by atoms with van der Waals surface area (Å²) in [5.41, 5.74) is 0.839. The molecule has 0 aliphatic rings. The largest absolute Gasteiger partial charge is 0.347 e. The van der Waals surface area contributed by atoms with Crippen LogP contribution in [0.4, 0.5) is 0 Å². The molecule has 5 nitrogen and oxygen atoms in total. The number of aromatic amines is 1. The lowest BCUT2D eigenvalue weighted by Crippen LogP contribution is -2.30. The van der Waals surface area contributed by atoms with Crippen LogP contribution in [-0.2, 0) is 11.3 Å². The van der Waals surface area contributed by atoms with E-state index in [1.165, 1.54) is 0 Å². The molecule has 1 aromatic carbocycles. The van der Waals surface area contributed by atoms with E-state index in [4.69, 9.17) is 23.8 Å². The summed E-state index contributed by atoms with van der Waals surface area (Å²) in [7, 11) is 0. The minimum Gasteiger partial charge on any atom is -0.347 e. The van der Waals surface area contributed by atoms with Crippen molar-refractivity contribution in [2.75, 3.05) is 0 Å². The summed E-state index contributed by atoms with van der Waals surface area (Å²) in [5, 5.41) is 12.6. The molecule has 0 spiro atoms. The molecule has 24 heavy (non-hydrogen) atoms. The Labute approximate surface area is 153 Å². The zero-order valence-electron chi connectivity index (χ0n) is 12.8. The van der Waals surface area contributed by atoms with E-state index in [1.54, 1.807) is 28.0 Å². The molecule has 124 valence electrons. The number of carbonyl (C=O) groups excluding carboxylic acids is 1. The van der Waals surface area contributed by atoms with Crippen molar-refractivity contribution in [3.8, 4) is 11.4 Å². The molecule has 2 heterocycles. The van der Waals surface area contributed by atoms with Crippen LogP contribution in [0.1, 0.15) is 17.8 Å². The van der Waals surface area contributed by atoms with Gasteiger partial charge in [-0.2, -0.15) is 5.10 Å². The Balaban J connectivity index is 1.78. The van der Waals surface area contributed by atoms with Crippen molar-refractivity contribution >= 4 is 41.1 Å². The average molecular weight is 379 g/mol. The molecule has 0 saturated carbocycles. The number of carbonyl (C=O) groups is 1. The first kappa shape index (κ1) is 16.9. The van der Waals surface area contributed by atoms with Gasteiger partial charge in [-0.25, -0.2) is 0 Å². The van der Waals surface area contributed by atoms with E-state index in [2.05, 4.69) is 15.5 Å². The first-order valence-corrected chi connectivity index (χ1v) is 8.95. The second-order valence-electron chi connectivity index (χ2n) is 5.25. The van der Waals surface area contributed by atoms with Crippen molar-refractivity contribution in [1.29, 1.82) is 0 Å². The number of H-pyrrole nitrogens is 1. The molecule has 0 bridgehead atoms. The minimum atomic E-state index is -0.122. The fraction of sp³-hybridized carbons (Fsp3) is 0.188. The van der Waals surface area contributed by atoms with Crippen LogP contribution in [0, 0.1) is 4.77 Å². The first-order chi connectivity index (χ1) is 11.5. The number of hydrogen-bond donors (Lipinski definition) is 2. The fourth-order valence-electron chi connectivity index (χ4n) is 2.32. The van der Waals surface area contributed by atoms with Gasteiger partial charge in [-0.15, -0.1) is 11.3 Å². The van der Waals surface area contributed by atoms with Crippen molar-refractivity contribution in [3.05, 3.63) is 56.4 Å². The molecule has 3 aromatic rings. The third-order valence-electron chi connectivity index (χ3n) is 3.51. The average Bonchev–Trinajstić information content (AvgIpc) is 3.20. The number of hydrogen-bond acceptors (Lipinski definition) is 4. The van der Waals surface area contributed by atoms with Crippen molar-refractivity contribution < 1.29 is 4.79 Å². The summed E-state index contributed by atoms with van der Waals surface area (Å²) in [6.45, 7) is 2.06. The lowest BCUT2D eigenvalue weighted by molar-refractivity contribution is -0.122. The van der Waals surface area contributed by atoms with E-state index in [9.17, 15) is 4.79 Å². The van der Waals surface area contributed by atoms with E-state index in [-0.39, 0.29) is 18.5 Å². The number of halogens is 1. The monoisotopic (exact) mass is 378 g/mol. The molecule has 1 unspecified atom stereocenters. The van der Waals surface area contributed by atoms with Crippen LogP contribution in [0.3, 0.4) is 0 Å². The summed E-state index contributed by atoms with van der Waals surface area (Å²) in [4.78, 5) is 13.5. The fourth-order valence-corrected chi connectivity index (χ4v) is 3.38. The topological polar surface area (TPSA) is 62.7 Å². The Hall–Kier alpha value is -1.96. The highest BCUT2D eigenvalue weighted by Crippen LogP contribution is 2.21. The van der Waals surface area contributed by atoms with Crippen LogP contribution >= 0.6 is 35.2 Å². The second-order valence-corrected chi connectivity index (χ2v) is 7.05. The lowest BCUT2D eigenvalue weighted by atomic mass is 10.2. The summed E-state index contributed by atoms with van der Waals surface area (Å²) < 4.78 is 2.08. The van der Waals surface area contributed by atoms with E-state index in [1.807, 2.05) is 36.6 Å². The molecular formula is C16H15ClN4OS2. The van der Waals surface area contributed by atoms with Gasteiger partial charge in [0.2, 0.25) is 5.91 Å². The predicted molar refractivity (Wildman–Crippen MR) is 98.7 cm³/mol. The Morgan fingerprint density at radius 3 is 2.83 bits per heavy atom. The van der Waals surface area contributed by atoms with Gasteiger partial charge in [0.15, 0.2) is 10.6 Å². The quantitative estimate of drug-likeness (QED) is 0.654. The SMILES string of the molecule is CC(NC(=O)Cn1c(-c2ccc(Cl)cc2)n[nH]c1=S)c1cccs1. The highest BCUT2D eigenvalue weighted by atomic mass is 35.5. The molecule has 1 amide bonds. The Morgan fingerprint density at radius 2 is 2.17 bits per heavy atom. The number of nitrogens with one attached hydrogen (secondary N) is 2. The number of thiophene rings is 1. The van der Waals surface area contributed by atoms with E-state index < -0.39 is 0 Å². The van der Waals surface area contributed by atoms with Gasteiger partial charge in [0.05, 0.1) is 6.04 Å². The minimum absolute atomic E-state index is 0.0439. The van der Waals surface area contributed by atoms with E-state index >= 15 is 0 Å². The number of aromatic nitrogens is 3. The number of benzene rings is 1. The maximum atomic E-state index is 12.4. The Bertz CT molecular complexity index is 884. The number of nitrogens with zero attached hydrogens (tertiary/aromatic N) is 2. The predicted octanol–water partition coefficient (Wildman–Crippen LogP) is 4.20. The van der Waals surface area contributed by atoms with Gasteiger partial charge in [0, 0.05) is 15.5 Å². The molecule has 8 heteroatoms. The number of rotatable bonds is 5. The molecule has 0 radical (unpaired) electrons. The van der Waals surface area contributed by atoms with Gasteiger partial charge in [0.25, 0.3) is 0 Å². The van der Waals surface area contributed by atoms with Crippen molar-refractivity contribution in [3.63, 3.8) is 0 Å². The van der Waals surface area contributed by atoms with Crippen molar-refractivity contribution in [2.45, 2.75) is 19.5 Å². The highest BCUT2D eigenvalue weighted by molar-refractivity contribution is 7.71. The van der Waals surface area contributed by atoms with Crippen LogP contribution in [0.15, 0.2) is 41.8 Å². The number of amides is 1. The van der Waals surface area contributed by atoms with Crippen molar-refractivity contribution in [1.82, 2.24) is 20.1 Å². The normalized spacial score (nSPS) is 12.1. The molecule has 2 aromatic heterocycles. The molecule has 3 rings (SSSR count). The van der Waals surface area contributed by atoms with Crippen LogP contribution < -0.4 is 5.32 Å². The first-order valence-electron chi connectivity index (χ1n) is 7.28.